The number of rotatable bonds is 4. The van der Waals surface area contributed by atoms with Crippen molar-refractivity contribution in [2.75, 3.05) is 19.7 Å². The minimum Gasteiger partial charge on any atom is -0.493 e. The first-order chi connectivity index (χ1) is 13.1. The van der Waals surface area contributed by atoms with Crippen LogP contribution in [-0.2, 0) is 14.8 Å². The van der Waals surface area contributed by atoms with E-state index < -0.39 is 10.0 Å². The monoisotopic (exact) mass is 406 g/mol. The third-order valence-electron chi connectivity index (χ3n) is 5.19. The molecule has 1 N–H and O–H groups in total. The second-order valence-corrected chi connectivity index (χ2v) is 9.96. The predicted octanol–water partition coefficient (Wildman–Crippen LogP) is 2.79. The topological polar surface area (TPSA) is 75.7 Å². The van der Waals surface area contributed by atoms with Crippen LogP contribution in [0.3, 0.4) is 0 Å². The maximum atomic E-state index is 12.7. The summed E-state index contributed by atoms with van der Waals surface area (Å²) >= 11 is 1.23. The van der Waals surface area contributed by atoms with E-state index in [0.29, 0.717) is 36.7 Å². The van der Waals surface area contributed by atoms with Crippen molar-refractivity contribution in [3.63, 3.8) is 0 Å². The molecule has 27 heavy (non-hydrogen) atoms. The standard InChI is InChI=1S/C19H22N2O4S2/c22-19(20-16-9-12-25-17-5-2-1-4-15(16)17)14-7-10-21(11-8-14)27(23,24)18-6-3-13-26-18/h1-6,13-14,16H,7-12H2,(H,20,22)/t16-/m1/s1. The lowest BCUT2D eigenvalue weighted by Gasteiger charge is -2.32. The van der Waals surface area contributed by atoms with Gasteiger partial charge in [0.1, 0.15) is 9.96 Å². The van der Waals surface area contributed by atoms with Gasteiger partial charge in [-0.1, -0.05) is 24.3 Å². The molecule has 6 nitrogen and oxygen atoms in total. The van der Waals surface area contributed by atoms with Crippen LogP contribution in [0, 0.1) is 5.92 Å². The van der Waals surface area contributed by atoms with E-state index in [4.69, 9.17) is 4.74 Å². The molecule has 1 saturated heterocycles. The summed E-state index contributed by atoms with van der Waals surface area (Å²) in [7, 11) is -3.43. The Bertz CT molecular complexity index is 904. The number of carbonyl (C=O) groups is 1. The van der Waals surface area contributed by atoms with Gasteiger partial charge in [-0.3, -0.25) is 4.79 Å². The molecule has 3 heterocycles. The van der Waals surface area contributed by atoms with Crippen LogP contribution in [0.1, 0.15) is 30.9 Å². The Hall–Kier alpha value is -1.90. The summed E-state index contributed by atoms with van der Waals surface area (Å²) in [5.74, 6) is 0.672. The predicted molar refractivity (Wildman–Crippen MR) is 103 cm³/mol. The molecular formula is C19H22N2O4S2. The van der Waals surface area contributed by atoms with Gasteiger partial charge in [0.25, 0.3) is 10.0 Å². The Kier molecular flexibility index (Phi) is 5.21. The van der Waals surface area contributed by atoms with Crippen LogP contribution < -0.4 is 10.1 Å². The fraction of sp³-hybridized carbons (Fsp3) is 0.421. The lowest BCUT2D eigenvalue weighted by molar-refractivity contribution is -0.127. The molecule has 2 aliphatic heterocycles. The molecule has 8 heteroatoms. The van der Waals surface area contributed by atoms with Crippen molar-refractivity contribution < 1.29 is 17.9 Å². The first-order valence-corrected chi connectivity index (χ1v) is 11.4. The van der Waals surface area contributed by atoms with Gasteiger partial charge in [-0.2, -0.15) is 4.31 Å². The molecule has 1 aromatic heterocycles. The molecular weight excluding hydrogens is 384 g/mol. The molecule has 1 aromatic carbocycles. The number of sulfonamides is 1. The number of benzene rings is 1. The van der Waals surface area contributed by atoms with Gasteiger partial charge in [-0.15, -0.1) is 11.3 Å². The molecule has 1 atom stereocenters. The molecule has 0 aliphatic carbocycles. The van der Waals surface area contributed by atoms with Crippen LogP contribution in [0.4, 0.5) is 0 Å². The van der Waals surface area contributed by atoms with Crippen molar-refractivity contribution in [3.05, 3.63) is 47.3 Å². The van der Waals surface area contributed by atoms with E-state index in [0.717, 1.165) is 17.7 Å². The Balaban J connectivity index is 1.37. The summed E-state index contributed by atoms with van der Waals surface area (Å²) in [6.07, 6.45) is 1.83. The quantitative estimate of drug-likeness (QED) is 0.847. The number of fused-ring (bicyclic) bond motifs is 1. The summed E-state index contributed by atoms with van der Waals surface area (Å²) in [5.41, 5.74) is 1.01. The number of amides is 1. The highest BCUT2D eigenvalue weighted by atomic mass is 32.2. The second-order valence-electron chi connectivity index (χ2n) is 6.85. The van der Waals surface area contributed by atoms with Crippen LogP contribution in [-0.4, -0.2) is 38.3 Å². The fourth-order valence-electron chi connectivity index (χ4n) is 3.68. The molecule has 1 amide bonds. The molecule has 2 aliphatic rings. The van der Waals surface area contributed by atoms with E-state index >= 15 is 0 Å². The van der Waals surface area contributed by atoms with Gasteiger partial charge < -0.3 is 10.1 Å². The van der Waals surface area contributed by atoms with Crippen molar-refractivity contribution in [1.29, 1.82) is 0 Å². The fourth-order valence-corrected chi connectivity index (χ4v) is 6.29. The highest BCUT2D eigenvalue weighted by molar-refractivity contribution is 7.91. The summed E-state index contributed by atoms with van der Waals surface area (Å²) in [6.45, 7) is 1.34. The zero-order valence-electron chi connectivity index (χ0n) is 14.8. The molecule has 0 bridgehead atoms. The van der Waals surface area contributed by atoms with E-state index in [9.17, 15) is 13.2 Å². The molecule has 1 fully saturated rings. The van der Waals surface area contributed by atoms with Gasteiger partial charge in [0.05, 0.1) is 12.6 Å². The number of thiophene rings is 1. The van der Waals surface area contributed by atoms with Gasteiger partial charge in [0, 0.05) is 31.0 Å². The van der Waals surface area contributed by atoms with Crippen LogP contribution in [0.25, 0.3) is 0 Å². The SMILES string of the molecule is O=C(N[C@@H]1CCOc2ccccc21)C1CCN(S(=O)(=O)c2cccs2)CC1. The number of nitrogens with one attached hydrogen (secondary N) is 1. The minimum absolute atomic E-state index is 0.00451. The zero-order valence-corrected chi connectivity index (χ0v) is 16.5. The van der Waals surface area contributed by atoms with Gasteiger partial charge in [0.15, 0.2) is 0 Å². The normalized spacial score (nSPS) is 21.3. The average molecular weight is 407 g/mol. The first-order valence-electron chi connectivity index (χ1n) is 9.11. The van der Waals surface area contributed by atoms with E-state index in [2.05, 4.69) is 5.32 Å². The van der Waals surface area contributed by atoms with Crippen LogP contribution in [0.2, 0.25) is 0 Å². The van der Waals surface area contributed by atoms with E-state index in [1.54, 1.807) is 17.5 Å². The number of piperidine rings is 1. The summed E-state index contributed by atoms with van der Waals surface area (Å²) < 4.78 is 32.7. The maximum absolute atomic E-state index is 12.7. The van der Waals surface area contributed by atoms with E-state index in [1.807, 2.05) is 24.3 Å². The molecule has 0 saturated carbocycles. The van der Waals surface area contributed by atoms with Crippen molar-refractivity contribution in [2.24, 2.45) is 5.92 Å². The second kappa shape index (κ2) is 7.61. The summed E-state index contributed by atoms with van der Waals surface area (Å²) in [4.78, 5) is 12.7. The summed E-state index contributed by atoms with van der Waals surface area (Å²) in [5, 5.41) is 4.90. The highest BCUT2D eigenvalue weighted by Gasteiger charge is 2.33. The molecule has 4 rings (SSSR count). The number of carbonyl (C=O) groups excluding carboxylic acids is 1. The molecule has 0 unspecified atom stereocenters. The number of hydrogen-bond acceptors (Lipinski definition) is 5. The van der Waals surface area contributed by atoms with Gasteiger partial charge >= 0.3 is 0 Å². The largest absolute Gasteiger partial charge is 0.493 e. The first kappa shape index (κ1) is 18.5. The van der Waals surface area contributed by atoms with Crippen LogP contribution in [0.5, 0.6) is 5.75 Å². The number of hydrogen-bond donors (Lipinski definition) is 1. The van der Waals surface area contributed by atoms with E-state index in [-0.39, 0.29) is 17.9 Å². The van der Waals surface area contributed by atoms with Crippen LogP contribution in [0.15, 0.2) is 46.0 Å². The molecule has 2 aromatic rings. The Morgan fingerprint density at radius 2 is 1.89 bits per heavy atom. The number of para-hydroxylation sites is 1. The smallest absolute Gasteiger partial charge is 0.252 e. The van der Waals surface area contributed by atoms with Crippen molar-refractivity contribution in [3.8, 4) is 5.75 Å². The summed E-state index contributed by atoms with van der Waals surface area (Å²) in [6, 6.07) is 11.1. The number of ether oxygens (including phenoxy) is 1. The zero-order chi connectivity index (χ0) is 18.9. The Morgan fingerprint density at radius 1 is 1.11 bits per heavy atom. The molecule has 144 valence electrons. The maximum Gasteiger partial charge on any atom is 0.252 e. The van der Waals surface area contributed by atoms with Gasteiger partial charge in [-0.05, 0) is 30.4 Å². The van der Waals surface area contributed by atoms with Crippen molar-refractivity contribution >= 4 is 27.3 Å². The lowest BCUT2D eigenvalue weighted by Crippen LogP contribution is -2.44. The third-order valence-corrected chi connectivity index (χ3v) is 8.46. The third kappa shape index (κ3) is 3.74. The Morgan fingerprint density at radius 3 is 2.63 bits per heavy atom. The number of nitrogens with zero attached hydrogens (tertiary/aromatic N) is 1. The lowest BCUT2D eigenvalue weighted by atomic mass is 9.95. The van der Waals surface area contributed by atoms with E-state index in [1.165, 1.54) is 15.6 Å². The van der Waals surface area contributed by atoms with Gasteiger partial charge in [0.2, 0.25) is 5.91 Å². The average Bonchev–Trinajstić information content (AvgIpc) is 3.24. The Labute approximate surface area is 163 Å². The van der Waals surface area contributed by atoms with Crippen LogP contribution >= 0.6 is 11.3 Å². The minimum atomic E-state index is -3.43. The van der Waals surface area contributed by atoms with Gasteiger partial charge in [-0.25, -0.2) is 8.42 Å². The molecule has 0 radical (unpaired) electrons. The van der Waals surface area contributed by atoms with Crippen molar-refractivity contribution in [2.45, 2.75) is 29.5 Å². The van der Waals surface area contributed by atoms with Crippen molar-refractivity contribution in [1.82, 2.24) is 9.62 Å². The molecule has 0 spiro atoms. The highest BCUT2D eigenvalue weighted by Crippen LogP contribution is 2.32.